The summed E-state index contributed by atoms with van der Waals surface area (Å²) in [5.41, 5.74) is 4.18. The zero-order valence-electron chi connectivity index (χ0n) is 16.2. The van der Waals surface area contributed by atoms with Gasteiger partial charge >= 0.3 is 0 Å². The monoisotopic (exact) mass is 369 g/mol. The van der Waals surface area contributed by atoms with Gasteiger partial charge in [0, 0.05) is 17.2 Å². The highest BCUT2D eigenvalue weighted by molar-refractivity contribution is 5.63. The Morgan fingerprint density at radius 2 is 1.25 bits per heavy atom. The topological polar surface area (TPSA) is 21.3 Å². The van der Waals surface area contributed by atoms with Gasteiger partial charge < -0.3 is 10.1 Å². The van der Waals surface area contributed by atoms with Gasteiger partial charge in [0.25, 0.3) is 0 Å². The molecule has 1 N–H and O–H groups in total. The van der Waals surface area contributed by atoms with Crippen molar-refractivity contribution < 1.29 is 4.74 Å². The van der Waals surface area contributed by atoms with Crippen molar-refractivity contribution in [3.8, 4) is 0 Å². The lowest BCUT2D eigenvalue weighted by molar-refractivity contribution is -0.0736. The highest BCUT2D eigenvalue weighted by Crippen LogP contribution is 2.49. The smallest absolute Gasteiger partial charge is 0.148 e. The van der Waals surface area contributed by atoms with E-state index in [-0.39, 0.29) is 6.23 Å². The molecule has 3 aromatic rings. The number of benzene rings is 3. The molecule has 1 aliphatic heterocycles. The van der Waals surface area contributed by atoms with Gasteiger partial charge in [-0.05, 0) is 30.0 Å². The van der Waals surface area contributed by atoms with Crippen LogP contribution in [0.25, 0.3) is 0 Å². The van der Waals surface area contributed by atoms with Gasteiger partial charge in [-0.3, -0.25) is 0 Å². The van der Waals surface area contributed by atoms with Crippen molar-refractivity contribution in [3.05, 3.63) is 102 Å². The summed E-state index contributed by atoms with van der Waals surface area (Å²) in [7, 11) is 0. The Hall–Kier alpha value is -2.58. The van der Waals surface area contributed by atoms with Gasteiger partial charge in [0.2, 0.25) is 0 Å². The Morgan fingerprint density at radius 3 is 1.89 bits per heavy atom. The molecule has 1 saturated carbocycles. The second-order valence-corrected chi connectivity index (χ2v) is 8.04. The van der Waals surface area contributed by atoms with Gasteiger partial charge in [-0.25, -0.2) is 0 Å². The minimum absolute atomic E-state index is 0.0237. The molecule has 0 unspecified atom stereocenters. The minimum Gasteiger partial charge on any atom is -0.360 e. The van der Waals surface area contributed by atoms with Gasteiger partial charge in [0.1, 0.15) is 11.8 Å². The molecule has 2 aliphatic rings. The normalized spacial score (nSPS) is 21.5. The molecule has 0 bridgehead atoms. The second-order valence-electron chi connectivity index (χ2n) is 8.04. The molecule has 0 radical (unpaired) electrons. The van der Waals surface area contributed by atoms with Gasteiger partial charge in [-0.2, -0.15) is 0 Å². The molecule has 142 valence electrons. The average Bonchev–Trinajstić information content (AvgIpc) is 2.80. The molecular formula is C26H27NO. The van der Waals surface area contributed by atoms with E-state index in [4.69, 9.17) is 4.74 Å². The largest absolute Gasteiger partial charge is 0.360 e. The van der Waals surface area contributed by atoms with Crippen LogP contribution < -0.4 is 5.32 Å². The quantitative estimate of drug-likeness (QED) is 0.583. The first-order chi connectivity index (χ1) is 13.9. The first kappa shape index (κ1) is 17.5. The van der Waals surface area contributed by atoms with E-state index in [0.717, 1.165) is 0 Å². The lowest BCUT2D eigenvalue weighted by Gasteiger charge is -2.47. The molecule has 2 heteroatoms. The summed E-state index contributed by atoms with van der Waals surface area (Å²) in [5, 5.41) is 3.74. The highest BCUT2D eigenvalue weighted by Gasteiger charge is 2.46. The zero-order chi connectivity index (χ0) is 18.8. The molecule has 1 heterocycles. The van der Waals surface area contributed by atoms with Crippen LogP contribution in [0.3, 0.4) is 0 Å². The van der Waals surface area contributed by atoms with Crippen molar-refractivity contribution in [2.24, 2.45) is 5.92 Å². The number of hydrogen-bond donors (Lipinski definition) is 1. The van der Waals surface area contributed by atoms with Crippen LogP contribution in [0.4, 0.5) is 5.69 Å². The molecule has 1 aliphatic carbocycles. The molecule has 3 aromatic carbocycles. The van der Waals surface area contributed by atoms with E-state index in [1.165, 1.54) is 54.5 Å². The molecule has 28 heavy (non-hydrogen) atoms. The molecule has 0 aromatic heterocycles. The van der Waals surface area contributed by atoms with Crippen LogP contribution in [0.1, 0.15) is 48.8 Å². The second kappa shape index (κ2) is 7.44. The van der Waals surface area contributed by atoms with Crippen LogP contribution in [-0.4, -0.2) is 6.23 Å². The number of fused-ring (bicyclic) bond motifs is 1. The first-order valence-electron chi connectivity index (χ1n) is 10.5. The van der Waals surface area contributed by atoms with E-state index in [1.54, 1.807) is 0 Å². The predicted octanol–water partition coefficient (Wildman–Crippen LogP) is 6.33. The minimum atomic E-state index is -0.591. The van der Waals surface area contributed by atoms with Crippen LogP contribution in [0.15, 0.2) is 84.9 Å². The predicted molar refractivity (Wildman–Crippen MR) is 114 cm³/mol. The van der Waals surface area contributed by atoms with Gasteiger partial charge in [0.15, 0.2) is 0 Å². The van der Waals surface area contributed by atoms with Crippen LogP contribution in [0.2, 0.25) is 0 Å². The maximum atomic E-state index is 7.10. The third kappa shape index (κ3) is 2.93. The van der Waals surface area contributed by atoms with Crippen LogP contribution in [-0.2, 0) is 10.3 Å². The van der Waals surface area contributed by atoms with Crippen molar-refractivity contribution in [1.82, 2.24) is 0 Å². The van der Waals surface area contributed by atoms with Crippen molar-refractivity contribution in [3.63, 3.8) is 0 Å². The molecule has 0 saturated heterocycles. The lowest BCUT2D eigenvalue weighted by Crippen LogP contribution is -2.47. The third-order valence-electron chi connectivity index (χ3n) is 6.35. The van der Waals surface area contributed by atoms with E-state index in [9.17, 15) is 0 Å². The molecule has 5 rings (SSSR count). The summed E-state index contributed by atoms with van der Waals surface area (Å²) in [4.78, 5) is 0. The van der Waals surface area contributed by atoms with E-state index < -0.39 is 5.60 Å². The van der Waals surface area contributed by atoms with E-state index in [1.807, 2.05) is 0 Å². The van der Waals surface area contributed by atoms with Crippen LogP contribution >= 0.6 is 0 Å². The maximum Gasteiger partial charge on any atom is 0.148 e. The zero-order valence-corrected chi connectivity index (χ0v) is 16.2. The summed E-state index contributed by atoms with van der Waals surface area (Å²) in [6.45, 7) is 0. The highest BCUT2D eigenvalue weighted by atomic mass is 16.5. The van der Waals surface area contributed by atoms with Gasteiger partial charge in [-0.1, -0.05) is 98.1 Å². The Labute approximate surface area is 167 Å². The summed E-state index contributed by atoms with van der Waals surface area (Å²) in [6, 6.07) is 30.1. The maximum absolute atomic E-state index is 7.10. The molecule has 1 atom stereocenters. The van der Waals surface area contributed by atoms with Crippen LogP contribution in [0.5, 0.6) is 0 Å². The summed E-state index contributed by atoms with van der Waals surface area (Å²) >= 11 is 0. The van der Waals surface area contributed by atoms with Crippen molar-refractivity contribution in [2.45, 2.75) is 43.9 Å². The van der Waals surface area contributed by atoms with Crippen molar-refractivity contribution in [1.29, 1.82) is 0 Å². The van der Waals surface area contributed by atoms with Crippen molar-refractivity contribution >= 4 is 5.69 Å². The van der Waals surface area contributed by atoms with Crippen LogP contribution in [0, 0.1) is 5.92 Å². The number of hydrogen-bond acceptors (Lipinski definition) is 2. The number of nitrogens with one attached hydrogen (secondary N) is 1. The first-order valence-corrected chi connectivity index (χ1v) is 10.5. The van der Waals surface area contributed by atoms with E-state index >= 15 is 0 Å². The molecule has 0 spiro atoms. The summed E-state index contributed by atoms with van der Waals surface area (Å²) in [5.74, 6) is 0.550. The number of ether oxygens (including phenoxy) is 1. The SMILES string of the molecule is c1ccc(C2(c3ccccc3)O[C@H](C3CCCCC3)Nc3ccccc32)cc1. The summed E-state index contributed by atoms with van der Waals surface area (Å²) in [6.07, 6.45) is 6.45. The Morgan fingerprint density at radius 1 is 0.679 bits per heavy atom. The van der Waals surface area contributed by atoms with Gasteiger partial charge in [0.05, 0.1) is 0 Å². The average molecular weight is 370 g/mol. The number of rotatable bonds is 3. The lowest BCUT2D eigenvalue weighted by atomic mass is 9.77. The molecule has 0 amide bonds. The Bertz CT molecular complexity index is 876. The fourth-order valence-electron chi connectivity index (χ4n) is 4.96. The summed E-state index contributed by atoms with van der Waals surface area (Å²) < 4.78 is 7.10. The van der Waals surface area contributed by atoms with E-state index in [0.29, 0.717) is 5.92 Å². The fraction of sp³-hybridized carbons (Fsp3) is 0.308. The number of anilines is 1. The Balaban J connectivity index is 1.71. The van der Waals surface area contributed by atoms with Gasteiger partial charge in [-0.15, -0.1) is 0 Å². The molecular weight excluding hydrogens is 342 g/mol. The fourth-order valence-corrected chi connectivity index (χ4v) is 4.96. The standard InChI is InChI=1S/C26H27NO/c1-4-12-20(13-5-1)25-27-24-19-11-10-18-23(24)26(28-25,21-14-6-2-7-15-21)22-16-8-3-9-17-22/h2-3,6-11,14-20,25,27H,1,4-5,12-13H2/t25-/m1/s1. The molecule has 1 fully saturated rings. The third-order valence-corrected chi connectivity index (χ3v) is 6.35. The number of para-hydroxylation sites is 1. The Kier molecular flexibility index (Phi) is 4.66. The van der Waals surface area contributed by atoms with Crippen molar-refractivity contribution in [2.75, 3.05) is 5.32 Å². The van der Waals surface area contributed by atoms with E-state index in [2.05, 4.69) is 90.2 Å². The molecule has 2 nitrogen and oxygen atoms in total.